The highest BCUT2D eigenvalue weighted by molar-refractivity contribution is 6.08. The Morgan fingerprint density at radius 3 is 2.77 bits per heavy atom. The standard InChI is InChI=1S/C24H30N4O2/c1-4-30-20-7-8-22-21(14-20)23(17(2)27(22)3)24(29)26-19-9-12-28(13-10-19)16-18-6-5-11-25-15-18/h5-8,11,14-15,19H,4,9-10,12-13,16H2,1-3H3,(H,26,29). The maximum Gasteiger partial charge on any atom is 0.253 e. The number of ether oxygens (including phenoxy) is 1. The van der Waals surface area contributed by atoms with E-state index in [2.05, 4.69) is 25.8 Å². The van der Waals surface area contributed by atoms with E-state index in [-0.39, 0.29) is 11.9 Å². The molecule has 1 fully saturated rings. The second kappa shape index (κ2) is 8.88. The van der Waals surface area contributed by atoms with Crippen LogP contribution in [0.15, 0.2) is 42.7 Å². The molecular weight excluding hydrogens is 376 g/mol. The lowest BCUT2D eigenvalue weighted by atomic mass is 10.0. The molecule has 0 aliphatic carbocycles. The van der Waals surface area contributed by atoms with E-state index in [1.807, 2.05) is 51.4 Å². The molecule has 1 aliphatic heterocycles. The molecule has 30 heavy (non-hydrogen) atoms. The zero-order valence-corrected chi connectivity index (χ0v) is 18.0. The maximum atomic E-state index is 13.2. The fraction of sp³-hybridized carbons (Fsp3) is 0.417. The molecule has 1 N–H and O–H groups in total. The van der Waals surface area contributed by atoms with Gasteiger partial charge in [0, 0.05) is 61.7 Å². The average molecular weight is 407 g/mol. The molecule has 1 aliphatic rings. The van der Waals surface area contributed by atoms with E-state index >= 15 is 0 Å². The summed E-state index contributed by atoms with van der Waals surface area (Å²) < 4.78 is 7.74. The smallest absolute Gasteiger partial charge is 0.253 e. The first-order valence-electron chi connectivity index (χ1n) is 10.7. The molecule has 4 rings (SSSR count). The molecule has 3 heterocycles. The second-order valence-corrected chi connectivity index (χ2v) is 8.02. The third-order valence-corrected chi connectivity index (χ3v) is 6.05. The lowest BCUT2D eigenvalue weighted by Gasteiger charge is -2.32. The van der Waals surface area contributed by atoms with Crippen LogP contribution in [0.25, 0.3) is 10.9 Å². The van der Waals surface area contributed by atoms with E-state index in [1.165, 1.54) is 5.56 Å². The summed E-state index contributed by atoms with van der Waals surface area (Å²) in [5, 5.41) is 4.24. The first-order valence-corrected chi connectivity index (χ1v) is 10.7. The van der Waals surface area contributed by atoms with Gasteiger partial charge in [-0.05, 0) is 56.5 Å². The number of benzene rings is 1. The van der Waals surface area contributed by atoms with Crippen molar-refractivity contribution in [2.24, 2.45) is 7.05 Å². The Morgan fingerprint density at radius 1 is 1.27 bits per heavy atom. The van der Waals surface area contributed by atoms with Gasteiger partial charge in [0.2, 0.25) is 0 Å². The number of carbonyl (C=O) groups is 1. The number of pyridine rings is 1. The maximum absolute atomic E-state index is 13.2. The van der Waals surface area contributed by atoms with Gasteiger partial charge in [0.1, 0.15) is 5.75 Å². The lowest BCUT2D eigenvalue weighted by molar-refractivity contribution is 0.0909. The largest absolute Gasteiger partial charge is 0.494 e. The van der Waals surface area contributed by atoms with Crippen molar-refractivity contribution in [3.05, 3.63) is 59.5 Å². The topological polar surface area (TPSA) is 59.4 Å². The van der Waals surface area contributed by atoms with E-state index in [1.54, 1.807) is 6.20 Å². The number of amides is 1. The Labute approximate surface area is 177 Å². The van der Waals surface area contributed by atoms with Gasteiger partial charge in [0.05, 0.1) is 12.2 Å². The van der Waals surface area contributed by atoms with Crippen LogP contribution in [0.3, 0.4) is 0 Å². The third kappa shape index (κ3) is 4.19. The summed E-state index contributed by atoms with van der Waals surface area (Å²) in [7, 11) is 2.01. The van der Waals surface area contributed by atoms with Crippen LogP contribution in [0.4, 0.5) is 0 Å². The molecule has 2 aromatic heterocycles. The normalized spacial score (nSPS) is 15.4. The quantitative estimate of drug-likeness (QED) is 0.679. The zero-order valence-electron chi connectivity index (χ0n) is 18.0. The molecule has 0 saturated carbocycles. The number of piperidine rings is 1. The molecule has 1 amide bonds. The van der Waals surface area contributed by atoms with Gasteiger partial charge in [0.15, 0.2) is 0 Å². The van der Waals surface area contributed by atoms with E-state index in [9.17, 15) is 4.79 Å². The number of nitrogens with zero attached hydrogens (tertiary/aromatic N) is 3. The molecule has 3 aromatic rings. The molecule has 0 atom stereocenters. The first kappa shape index (κ1) is 20.4. The van der Waals surface area contributed by atoms with Crippen molar-refractivity contribution >= 4 is 16.8 Å². The van der Waals surface area contributed by atoms with Crippen molar-refractivity contribution in [2.45, 2.75) is 39.3 Å². The van der Waals surface area contributed by atoms with Crippen molar-refractivity contribution in [3.8, 4) is 5.75 Å². The number of hydrogen-bond donors (Lipinski definition) is 1. The lowest BCUT2D eigenvalue weighted by Crippen LogP contribution is -2.44. The van der Waals surface area contributed by atoms with Crippen LogP contribution in [0, 0.1) is 6.92 Å². The monoisotopic (exact) mass is 406 g/mol. The molecule has 0 spiro atoms. The van der Waals surface area contributed by atoms with Gasteiger partial charge in [-0.25, -0.2) is 0 Å². The van der Waals surface area contributed by atoms with Crippen LogP contribution >= 0.6 is 0 Å². The molecule has 158 valence electrons. The molecule has 0 unspecified atom stereocenters. The highest BCUT2D eigenvalue weighted by Crippen LogP contribution is 2.29. The first-order chi connectivity index (χ1) is 14.6. The SMILES string of the molecule is CCOc1ccc2c(c1)c(C(=O)NC1CCN(Cc3cccnc3)CC1)c(C)n2C. The highest BCUT2D eigenvalue weighted by atomic mass is 16.5. The summed E-state index contributed by atoms with van der Waals surface area (Å²) in [5.41, 5.74) is 4.01. The number of aryl methyl sites for hydroxylation is 1. The Kier molecular flexibility index (Phi) is 6.04. The van der Waals surface area contributed by atoms with Crippen LogP contribution in [-0.4, -0.2) is 46.1 Å². The van der Waals surface area contributed by atoms with Crippen molar-refractivity contribution in [3.63, 3.8) is 0 Å². The predicted octanol–water partition coefficient (Wildman–Crippen LogP) is 3.67. The van der Waals surface area contributed by atoms with Crippen LogP contribution in [-0.2, 0) is 13.6 Å². The minimum atomic E-state index is 0.0115. The zero-order chi connectivity index (χ0) is 21.1. The minimum Gasteiger partial charge on any atom is -0.494 e. The number of rotatable bonds is 6. The van der Waals surface area contributed by atoms with Crippen molar-refractivity contribution < 1.29 is 9.53 Å². The summed E-state index contributed by atoms with van der Waals surface area (Å²) in [6, 6.07) is 10.3. The highest BCUT2D eigenvalue weighted by Gasteiger charge is 2.24. The van der Waals surface area contributed by atoms with E-state index in [0.29, 0.717) is 6.61 Å². The molecule has 1 saturated heterocycles. The van der Waals surface area contributed by atoms with Gasteiger partial charge < -0.3 is 14.6 Å². The van der Waals surface area contributed by atoms with Crippen LogP contribution < -0.4 is 10.1 Å². The fourth-order valence-corrected chi connectivity index (χ4v) is 4.34. The number of nitrogens with one attached hydrogen (secondary N) is 1. The van der Waals surface area contributed by atoms with Gasteiger partial charge in [-0.1, -0.05) is 6.07 Å². The molecule has 6 nitrogen and oxygen atoms in total. The molecular formula is C24H30N4O2. The average Bonchev–Trinajstić information content (AvgIpc) is 3.00. The van der Waals surface area contributed by atoms with Crippen molar-refractivity contribution in [1.82, 2.24) is 19.8 Å². The predicted molar refractivity (Wildman–Crippen MR) is 119 cm³/mol. The number of likely N-dealkylation sites (tertiary alicyclic amines) is 1. The summed E-state index contributed by atoms with van der Waals surface area (Å²) in [6.07, 6.45) is 5.64. The number of carbonyl (C=O) groups excluding carboxylic acids is 1. The van der Waals surface area contributed by atoms with E-state index < -0.39 is 0 Å². The molecule has 1 aromatic carbocycles. The van der Waals surface area contributed by atoms with Gasteiger partial charge in [0.25, 0.3) is 5.91 Å². The Bertz CT molecular complexity index is 1020. The van der Waals surface area contributed by atoms with Gasteiger partial charge in [-0.3, -0.25) is 14.7 Å². The summed E-state index contributed by atoms with van der Waals surface area (Å²) in [6.45, 7) is 7.44. The van der Waals surface area contributed by atoms with Crippen LogP contribution in [0.2, 0.25) is 0 Å². The Hall–Kier alpha value is -2.86. The van der Waals surface area contributed by atoms with Gasteiger partial charge in [-0.15, -0.1) is 0 Å². The second-order valence-electron chi connectivity index (χ2n) is 8.02. The van der Waals surface area contributed by atoms with E-state index in [0.717, 1.165) is 60.4 Å². The number of fused-ring (bicyclic) bond motifs is 1. The van der Waals surface area contributed by atoms with Crippen molar-refractivity contribution in [2.75, 3.05) is 19.7 Å². The Morgan fingerprint density at radius 2 is 2.07 bits per heavy atom. The van der Waals surface area contributed by atoms with Crippen LogP contribution in [0.1, 0.15) is 41.4 Å². The summed E-state index contributed by atoms with van der Waals surface area (Å²) >= 11 is 0. The molecule has 0 bridgehead atoms. The number of hydrogen-bond acceptors (Lipinski definition) is 4. The summed E-state index contributed by atoms with van der Waals surface area (Å²) in [5.74, 6) is 0.811. The van der Waals surface area contributed by atoms with Crippen LogP contribution in [0.5, 0.6) is 5.75 Å². The minimum absolute atomic E-state index is 0.0115. The van der Waals surface area contributed by atoms with Gasteiger partial charge in [-0.2, -0.15) is 0 Å². The van der Waals surface area contributed by atoms with Gasteiger partial charge >= 0.3 is 0 Å². The molecule has 6 heteroatoms. The third-order valence-electron chi connectivity index (χ3n) is 6.05. The Balaban J connectivity index is 1.44. The number of aromatic nitrogens is 2. The molecule has 0 radical (unpaired) electrons. The van der Waals surface area contributed by atoms with Crippen molar-refractivity contribution in [1.29, 1.82) is 0 Å². The summed E-state index contributed by atoms with van der Waals surface area (Å²) in [4.78, 5) is 19.8. The van der Waals surface area contributed by atoms with E-state index in [4.69, 9.17) is 4.74 Å². The fourth-order valence-electron chi connectivity index (χ4n) is 4.34.